The van der Waals surface area contributed by atoms with Gasteiger partial charge in [-0.25, -0.2) is 4.79 Å². The van der Waals surface area contributed by atoms with E-state index < -0.39 is 0 Å². The molecule has 0 heterocycles. The summed E-state index contributed by atoms with van der Waals surface area (Å²) in [4.78, 5) is 11.2. The Hall–Kier alpha value is -0.770. The van der Waals surface area contributed by atoms with E-state index in [9.17, 15) is 4.79 Å². The summed E-state index contributed by atoms with van der Waals surface area (Å²) in [6, 6.07) is -0.125. The van der Waals surface area contributed by atoms with Gasteiger partial charge < -0.3 is 16.0 Å². The van der Waals surface area contributed by atoms with Gasteiger partial charge in [-0.05, 0) is 32.7 Å². The SMILES string of the molecule is CNCC(C)(C)CC(C)(C)NC(=O)NC. The molecular weight excluding hydrogens is 190 g/mol. The van der Waals surface area contributed by atoms with Crippen LogP contribution in [0.5, 0.6) is 0 Å². The van der Waals surface area contributed by atoms with Crippen LogP contribution in [0.1, 0.15) is 34.1 Å². The molecule has 0 aliphatic carbocycles. The van der Waals surface area contributed by atoms with Gasteiger partial charge in [0.05, 0.1) is 0 Å². The van der Waals surface area contributed by atoms with Gasteiger partial charge in [-0.1, -0.05) is 13.8 Å². The van der Waals surface area contributed by atoms with Crippen molar-refractivity contribution in [3.63, 3.8) is 0 Å². The highest BCUT2D eigenvalue weighted by molar-refractivity contribution is 5.74. The van der Waals surface area contributed by atoms with Crippen molar-refractivity contribution in [2.45, 2.75) is 39.7 Å². The minimum Gasteiger partial charge on any atom is -0.341 e. The quantitative estimate of drug-likeness (QED) is 0.648. The zero-order valence-corrected chi connectivity index (χ0v) is 10.8. The molecule has 2 amide bonds. The second-order valence-corrected chi connectivity index (χ2v) is 5.46. The standard InChI is InChI=1S/C11H25N3O/c1-10(2,8-12-5)7-11(3,4)14-9(15)13-6/h12H,7-8H2,1-6H3,(H2,13,14,15). The number of hydrogen-bond donors (Lipinski definition) is 3. The molecule has 90 valence electrons. The summed E-state index contributed by atoms with van der Waals surface area (Å²) < 4.78 is 0. The average molecular weight is 215 g/mol. The first kappa shape index (κ1) is 14.2. The molecule has 15 heavy (non-hydrogen) atoms. The van der Waals surface area contributed by atoms with E-state index in [-0.39, 0.29) is 17.0 Å². The predicted molar refractivity (Wildman–Crippen MR) is 64.0 cm³/mol. The molecule has 3 N–H and O–H groups in total. The van der Waals surface area contributed by atoms with Crippen LogP contribution in [-0.4, -0.2) is 32.2 Å². The van der Waals surface area contributed by atoms with E-state index in [1.165, 1.54) is 0 Å². The first-order chi connectivity index (χ1) is 6.72. The lowest BCUT2D eigenvalue weighted by Gasteiger charge is -2.35. The Morgan fingerprint density at radius 1 is 1.13 bits per heavy atom. The van der Waals surface area contributed by atoms with Gasteiger partial charge in [0.2, 0.25) is 0 Å². The zero-order valence-electron chi connectivity index (χ0n) is 10.8. The molecule has 0 atom stereocenters. The molecule has 0 fully saturated rings. The summed E-state index contributed by atoms with van der Waals surface area (Å²) in [5.74, 6) is 0. The molecule has 4 heteroatoms. The van der Waals surface area contributed by atoms with Crippen LogP contribution < -0.4 is 16.0 Å². The Kier molecular flexibility index (Phi) is 5.08. The van der Waals surface area contributed by atoms with Crippen molar-refractivity contribution < 1.29 is 4.79 Å². The third kappa shape index (κ3) is 6.33. The lowest BCUT2D eigenvalue weighted by Crippen LogP contribution is -2.50. The summed E-state index contributed by atoms with van der Waals surface area (Å²) in [7, 11) is 3.57. The van der Waals surface area contributed by atoms with E-state index in [1.807, 2.05) is 20.9 Å². The number of nitrogens with one attached hydrogen (secondary N) is 3. The van der Waals surface area contributed by atoms with Crippen molar-refractivity contribution in [1.82, 2.24) is 16.0 Å². The average Bonchev–Trinajstić information content (AvgIpc) is 2.00. The molecule has 0 aromatic carbocycles. The summed E-state index contributed by atoms with van der Waals surface area (Å²) in [6.07, 6.45) is 0.925. The second-order valence-electron chi connectivity index (χ2n) is 5.46. The van der Waals surface area contributed by atoms with E-state index in [2.05, 4.69) is 29.8 Å². The van der Waals surface area contributed by atoms with Gasteiger partial charge in [-0.2, -0.15) is 0 Å². The molecule has 0 aliphatic heterocycles. The zero-order chi connectivity index (χ0) is 12.1. The second kappa shape index (κ2) is 5.35. The van der Waals surface area contributed by atoms with E-state index in [4.69, 9.17) is 0 Å². The molecular formula is C11H25N3O. The number of carbonyl (C=O) groups is 1. The Morgan fingerprint density at radius 2 is 1.67 bits per heavy atom. The Morgan fingerprint density at radius 3 is 2.07 bits per heavy atom. The van der Waals surface area contributed by atoms with Crippen LogP contribution in [0.15, 0.2) is 0 Å². The molecule has 0 saturated carbocycles. The molecule has 0 aromatic heterocycles. The molecule has 0 aliphatic rings. The van der Waals surface area contributed by atoms with Crippen LogP contribution in [0.2, 0.25) is 0 Å². The first-order valence-electron chi connectivity index (χ1n) is 5.37. The lowest BCUT2D eigenvalue weighted by molar-refractivity contribution is 0.203. The number of hydrogen-bond acceptors (Lipinski definition) is 2. The van der Waals surface area contributed by atoms with Crippen LogP contribution in [0.4, 0.5) is 4.79 Å². The first-order valence-corrected chi connectivity index (χ1v) is 5.37. The van der Waals surface area contributed by atoms with Gasteiger partial charge in [0.25, 0.3) is 0 Å². The summed E-state index contributed by atoms with van der Waals surface area (Å²) >= 11 is 0. The molecule has 0 saturated heterocycles. The summed E-state index contributed by atoms with van der Waals surface area (Å²) in [6.45, 7) is 9.40. The molecule has 0 unspecified atom stereocenters. The number of amides is 2. The minimum atomic E-state index is -0.194. The third-order valence-electron chi connectivity index (χ3n) is 2.25. The third-order valence-corrected chi connectivity index (χ3v) is 2.25. The van der Waals surface area contributed by atoms with Gasteiger partial charge in [-0.3, -0.25) is 0 Å². The highest BCUT2D eigenvalue weighted by Gasteiger charge is 2.29. The van der Waals surface area contributed by atoms with E-state index in [0.29, 0.717) is 0 Å². The van der Waals surface area contributed by atoms with Gasteiger partial charge in [0, 0.05) is 19.1 Å². The topological polar surface area (TPSA) is 53.2 Å². The van der Waals surface area contributed by atoms with E-state index in [0.717, 1.165) is 13.0 Å². The molecule has 4 nitrogen and oxygen atoms in total. The van der Waals surface area contributed by atoms with Gasteiger partial charge in [-0.15, -0.1) is 0 Å². The van der Waals surface area contributed by atoms with Crippen LogP contribution in [0, 0.1) is 5.41 Å². The van der Waals surface area contributed by atoms with Crippen molar-refractivity contribution in [2.75, 3.05) is 20.6 Å². The maximum Gasteiger partial charge on any atom is 0.314 e. The molecule has 0 spiro atoms. The maximum absolute atomic E-state index is 11.2. The highest BCUT2D eigenvalue weighted by atomic mass is 16.2. The largest absolute Gasteiger partial charge is 0.341 e. The van der Waals surface area contributed by atoms with Crippen molar-refractivity contribution in [1.29, 1.82) is 0 Å². The fourth-order valence-corrected chi connectivity index (χ4v) is 2.15. The Labute approximate surface area is 93.2 Å². The van der Waals surface area contributed by atoms with Gasteiger partial charge >= 0.3 is 6.03 Å². The van der Waals surface area contributed by atoms with E-state index >= 15 is 0 Å². The maximum atomic E-state index is 11.2. The van der Waals surface area contributed by atoms with Crippen molar-refractivity contribution >= 4 is 6.03 Å². The minimum absolute atomic E-state index is 0.125. The monoisotopic (exact) mass is 215 g/mol. The van der Waals surface area contributed by atoms with E-state index in [1.54, 1.807) is 7.05 Å². The molecule has 0 aromatic rings. The fraction of sp³-hybridized carbons (Fsp3) is 0.909. The number of urea groups is 1. The van der Waals surface area contributed by atoms with Crippen molar-refractivity contribution in [2.24, 2.45) is 5.41 Å². The summed E-state index contributed by atoms with van der Waals surface area (Å²) in [5.41, 5.74) is -0.0281. The van der Waals surface area contributed by atoms with Gasteiger partial charge in [0.15, 0.2) is 0 Å². The summed E-state index contributed by atoms with van der Waals surface area (Å²) in [5, 5.41) is 8.69. The van der Waals surface area contributed by atoms with Gasteiger partial charge in [0.1, 0.15) is 0 Å². The van der Waals surface area contributed by atoms with Crippen LogP contribution in [0.3, 0.4) is 0 Å². The molecule has 0 radical (unpaired) electrons. The van der Waals surface area contributed by atoms with Crippen LogP contribution in [-0.2, 0) is 0 Å². The Balaban J connectivity index is 4.29. The smallest absolute Gasteiger partial charge is 0.314 e. The molecule has 0 bridgehead atoms. The fourth-order valence-electron chi connectivity index (χ4n) is 2.15. The normalized spacial score (nSPS) is 12.4. The van der Waals surface area contributed by atoms with Crippen LogP contribution in [0.25, 0.3) is 0 Å². The van der Waals surface area contributed by atoms with Crippen molar-refractivity contribution in [3.8, 4) is 0 Å². The Bertz CT molecular complexity index is 212. The van der Waals surface area contributed by atoms with Crippen molar-refractivity contribution in [3.05, 3.63) is 0 Å². The number of rotatable bonds is 5. The predicted octanol–water partition coefficient (Wildman–Crippen LogP) is 1.33. The van der Waals surface area contributed by atoms with Crippen LogP contribution >= 0.6 is 0 Å². The lowest BCUT2D eigenvalue weighted by atomic mass is 9.80. The molecule has 0 rings (SSSR count). The highest BCUT2D eigenvalue weighted by Crippen LogP contribution is 2.26. The number of carbonyl (C=O) groups excluding carboxylic acids is 1.